The fourth-order valence-electron chi connectivity index (χ4n) is 2.69. The van der Waals surface area contributed by atoms with Crippen LogP contribution in [0.15, 0.2) is 84.0 Å². The molecule has 0 bridgehead atoms. The molecule has 7 heteroatoms. The van der Waals surface area contributed by atoms with Gasteiger partial charge >= 0.3 is 5.97 Å². The molecule has 0 radical (unpaired) electrons. The summed E-state index contributed by atoms with van der Waals surface area (Å²) in [6.45, 7) is 2.62. The normalized spacial score (nSPS) is 10.6. The molecule has 1 amide bonds. The molecule has 0 aromatic heterocycles. The van der Waals surface area contributed by atoms with Gasteiger partial charge in [0.15, 0.2) is 6.61 Å². The fourth-order valence-corrected chi connectivity index (χ4v) is 2.69. The lowest BCUT2D eigenvalue weighted by molar-refractivity contribution is -0.123. The lowest BCUT2D eigenvalue weighted by atomic mass is 10.2. The number of hydrazone groups is 1. The average molecular weight is 447 g/mol. The first-order valence-corrected chi connectivity index (χ1v) is 10.7. The van der Waals surface area contributed by atoms with Gasteiger partial charge in [0.2, 0.25) is 0 Å². The number of nitrogens with zero attached hydrogens (tertiary/aromatic N) is 1. The van der Waals surface area contributed by atoms with Gasteiger partial charge in [0.05, 0.1) is 18.4 Å². The summed E-state index contributed by atoms with van der Waals surface area (Å²) in [7, 11) is 0. The van der Waals surface area contributed by atoms with Crippen molar-refractivity contribution in [1.29, 1.82) is 0 Å². The van der Waals surface area contributed by atoms with Crippen molar-refractivity contribution in [2.45, 2.75) is 19.8 Å². The molecule has 0 aliphatic heterocycles. The van der Waals surface area contributed by atoms with Crippen molar-refractivity contribution < 1.29 is 23.8 Å². The second kappa shape index (κ2) is 12.7. The number of esters is 1. The molecule has 0 atom stereocenters. The zero-order valence-corrected chi connectivity index (χ0v) is 18.4. The van der Waals surface area contributed by atoms with E-state index in [-0.39, 0.29) is 12.5 Å². The minimum atomic E-state index is -0.428. The van der Waals surface area contributed by atoms with E-state index >= 15 is 0 Å². The molecule has 7 nitrogen and oxygen atoms in total. The van der Waals surface area contributed by atoms with E-state index in [2.05, 4.69) is 17.5 Å². The van der Waals surface area contributed by atoms with E-state index in [9.17, 15) is 9.59 Å². The van der Waals surface area contributed by atoms with Crippen LogP contribution in [0.1, 0.15) is 35.7 Å². The molecule has 3 rings (SSSR count). The molecule has 0 unspecified atom stereocenters. The fraction of sp³-hybridized carbons (Fsp3) is 0.192. The molecule has 0 aliphatic rings. The predicted molar refractivity (Wildman–Crippen MR) is 126 cm³/mol. The quantitative estimate of drug-likeness (QED) is 0.153. The highest BCUT2D eigenvalue weighted by Gasteiger charge is 2.07. The van der Waals surface area contributed by atoms with Crippen molar-refractivity contribution in [3.05, 3.63) is 90.0 Å². The number of hydrogen-bond donors (Lipinski definition) is 1. The number of hydrogen-bond acceptors (Lipinski definition) is 6. The Bertz CT molecular complexity index is 1050. The molecule has 3 aromatic carbocycles. The Balaban J connectivity index is 1.39. The van der Waals surface area contributed by atoms with Crippen molar-refractivity contribution >= 4 is 18.1 Å². The summed E-state index contributed by atoms with van der Waals surface area (Å²) in [5.41, 5.74) is 3.62. The number of ether oxygens (including phenoxy) is 3. The van der Waals surface area contributed by atoms with Crippen molar-refractivity contribution in [2.75, 3.05) is 13.2 Å². The molecule has 3 aromatic rings. The number of amides is 1. The maximum absolute atomic E-state index is 12.1. The van der Waals surface area contributed by atoms with Gasteiger partial charge in [-0.05, 0) is 72.6 Å². The molecule has 170 valence electrons. The van der Waals surface area contributed by atoms with E-state index in [0.29, 0.717) is 23.7 Å². The molecule has 0 spiro atoms. The second-order valence-corrected chi connectivity index (χ2v) is 7.08. The van der Waals surface area contributed by atoms with Crippen LogP contribution in [-0.2, 0) is 4.79 Å². The standard InChI is InChI=1S/C26H26N2O5/c1-2-3-17-31-22-13-15-23(16-14-22)32-19-25(29)28-27-18-20-9-11-24(12-10-20)33-26(30)21-7-5-4-6-8-21/h4-16,18H,2-3,17,19H2,1H3,(H,28,29). The Labute approximate surface area is 193 Å². The Kier molecular flexibility index (Phi) is 9.03. The van der Waals surface area contributed by atoms with Gasteiger partial charge < -0.3 is 14.2 Å². The van der Waals surface area contributed by atoms with E-state index in [1.165, 1.54) is 6.21 Å². The third-order valence-corrected chi connectivity index (χ3v) is 4.46. The highest BCUT2D eigenvalue weighted by atomic mass is 16.5. The van der Waals surface area contributed by atoms with E-state index in [4.69, 9.17) is 14.2 Å². The van der Waals surface area contributed by atoms with Gasteiger partial charge in [-0.2, -0.15) is 5.10 Å². The highest BCUT2D eigenvalue weighted by molar-refractivity contribution is 5.91. The maximum Gasteiger partial charge on any atom is 0.343 e. The van der Waals surface area contributed by atoms with Crippen molar-refractivity contribution in [3.8, 4) is 17.2 Å². The second-order valence-electron chi connectivity index (χ2n) is 7.08. The van der Waals surface area contributed by atoms with Gasteiger partial charge in [0.25, 0.3) is 5.91 Å². The number of rotatable bonds is 11. The van der Waals surface area contributed by atoms with E-state index < -0.39 is 5.97 Å². The van der Waals surface area contributed by atoms with E-state index in [1.807, 2.05) is 18.2 Å². The van der Waals surface area contributed by atoms with Crippen LogP contribution in [0.2, 0.25) is 0 Å². The first-order chi connectivity index (χ1) is 16.1. The summed E-state index contributed by atoms with van der Waals surface area (Å²) >= 11 is 0. The molecule has 1 N–H and O–H groups in total. The Morgan fingerprint density at radius 3 is 2.15 bits per heavy atom. The first kappa shape index (κ1) is 23.5. The number of nitrogens with one attached hydrogen (secondary N) is 1. The Hall–Kier alpha value is -4.13. The molecular weight excluding hydrogens is 420 g/mol. The summed E-state index contributed by atoms with van der Waals surface area (Å²) < 4.78 is 16.4. The number of carbonyl (C=O) groups excluding carboxylic acids is 2. The average Bonchev–Trinajstić information content (AvgIpc) is 2.85. The van der Waals surface area contributed by atoms with Crippen LogP contribution in [0.5, 0.6) is 17.2 Å². The molecule has 0 fully saturated rings. The number of unbranched alkanes of at least 4 members (excludes halogenated alkanes) is 1. The largest absolute Gasteiger partial charge is 0.494 e. The number of benzene rings is 3. The molecule has 0 saturated heterocycles. The Morgan fingerprint density at radius 2 is 1.48 bits per heavy atom. The Morgan fingerprint density at radius 1 is 0.848 bits per heavy atom. The van der Waals surface area contributed by atoms with E-state index in [1.54, 1.807) is 60.7 Å². The third kappa shape index (κ3) is 8.14. The summed E-state index contributed by atoms with van der Waals surface area (Å²) in [6.07, 6.45) is 3.57. The maximum atomic E-state index is 12.1. The van der Waals surface area contributed by atoms with Crippen LogP contribution in [0.4, 0.5) is 0 Å². The van der Waals surface area contributed by atoms with Crippen molar-refractivity contribution in [2.24, 2.45) is 5.10 Å². The van der Waals surface area contributed by atoms with Gasteiger partial charge in [-0.1, -0.05) is 31.5 Å². The minimum Gasteiger partial charge on any atom is -0.494 e. The van der Waals surface area contributed by atoms with E-state index in [0.717, 1.165) is 24.2 Å². The lowest BCUT2D eigenvalue weighted by Gasteiger charge is -2.08. The van der Waals surface area contributed by atoms with Gasteiger partial charge in [-0.25, -0.2) is 10.2 Å². The SMILES string of the molecule is CCCCOc1ccc(OCC(=O)NN=Cc2ccc(OC(=O)c3ccccc3)cc2)cc1. The first-order valence-electron chi connectivity index (χ1n) is 10.7. The van der Waals surface area contributed by atoms with Crippen molar-refractivity contribution in [3.63, 3.8) is 0 Å². The van der Waals surface area contributed by atoms with Gasteiger partial charge in [-0.15, -0.1) is 0 Å². The molecular formula is C26H26N2O5. The molecule has 33 heavy (non-hydrogen) atoms. The van der Waals surface area contributed by atoms with Crippen LogP contribution in [0, 0.1) is 0 Å². The van der Waals surface area contributed by atoms with Crippen molar-refractivity contribution in [1.82, 2.24) is 5.43 Å². The third-order valence-electron chi connectivity index (χ3n) is 4.46. The smallest absolute Gasteiger partial charge is 0.343 e. The molecule has 0 saturated carbocycles. The lowest BCUT2D eigenvalue weighted by Crippen LogP contribution is -2.24. The monoisotopic (exact) mass is 446 g/mol. The van der Waals surface area contributed by atoms with Gasteiger partial charge in [0, 0.05) is 0 Å². The summed E-state index contributed by atoms with van der Waals surface area (Å²) in [6, 6.07) is 22.6. The number of carbonyl (C=O) groups is 2. The van der Waals surface area contributed by atoms with Gasteiger partial charge in [-0.3, -0.25) is 4.79 Å². The van der Waals surface area contributed by atoms with Crippen LogP contribution in [0.3, 0.4) is 0 Å². The summed E-state index contributed by atoms with van der Waals surface area (Å²) in [5.74, 6) is 0.939. The summed E-state index contributed by atoms with van der Waals surface area (Å²) in [5, 5.41) is 3.92. The van der Waals surface area contributed by atoms with Crippen LogP contribution in [0.25, 0.3) is 0 Å². The minimum absolute atomic E-state index is 0.165. The molecule has 0 heterocycles. The predicted octanol–water partition coefficient (Wildman–Crippen LogP) is 4.61. The zero-order chi connectivity index (χ0) is 23.3. The van der Waals surface area contributed by atoms with Gasteiger partial charge in [0.1, 0.15) is 17.2 Å². The summed E-state index contributed by atoms with van der Waals surface area (Å²) in [4.78, 5) is 24.0. The molecule has 0 aliphatic carbocycles. The van der Waals surface area contributed by atoms with Crippen LogP contribution in [-0.4, -0.2) is 31.3 Å². The van der Waals surface area contributed by atoms with Crippen LogP contribution < -0.4 is 19.6 Å². The highest BCUT2D eigenvalue weighted by Crippen LogP contribution is 2.18. The topological polar surface area (TPSA) is 86.2 Å². The van der Waals surface area contributed by atoms with Crippen LogP contribution >= 0.6 is 0 Å². The zero-order valence-electron chi connectivity index (χ0n) is 18.4.